The third kappa shape index (κ3) is 3.96. The van der Waals surface area contributed by atoms with Gasteiger partial charge < -0.3 is 15.1 Å². The number of hydrogen-bond acceptors (Lipinski definition) is 3. The number of carboxylic acids is 1. The molecule has 2 N–H and O–H groups in total. The summed E-state index contributed by atoms with van der Waals surface area (Å²) in [6.07, 6.45) is 0.635. The molecule has 0 saturated heterocycles. The van der Waals surface area contributed by atoms with Crippen molar-refractivity contribution in [1.82, 2.24) is 4.90 Å². The first-order chi connectivity index (χ1) is 8.86. The largest absolute Gasteiger partial charge is 0.507 e. The minimum atomic E-state index is -1.08. The first kappa shape index (κ1) is 15.5. The number of amides is 1. The van der Waals surface area contributed by atoms with Crippen LogP contribution in [0.1, 0.15) is 30.6 Å². The van der Waals surface area contributed by atoms with Crippen LogP contribution in [0.25, 0.3) is 0 Å². The van der Waals surface area contributed by atoms with E-state index >= 15 is 0 Å². The van der Waals surface area contributed by atoms with E-state index in [1.54, 1.807) is 13.0 Å². The van der Waals surface area contributed by atoms with Gasteiger partial charge in [0.2, 0.25) is 0 Å². The number of rotatable bonds is 5. The molecule has 1 aromatic carbocycles. The summed E-state index contributed by atoms with van der Waals surface area (Å²) in [6, 6.07) is 4.29. The van der Waals surface area contributed by atoms with E-state index in [4.69, 9.17) is 5.11 Å². The Bertz CT molecular complexity index is 490. The number of phenolic OH excluding ortho intramolecular Hbond substituents is 1. The number of benzene rings is 1. The zero-order chi connectivity index (χ0) is 14.6. The molecule has 0 aliphatic rings. The third-order valence-electron chi connectivity index (χ3n) is 2.88. The normalized spacial score (nSPS) is 11.9. The van der Waals surface area contributed by atoms with Gasteiger partial charge in [0, 0.05) is 10.5 Å². The maximum Gasteiger partial charge on any atom is 0.323 e. The van der Waals surface area contributed by atoms with E-state index < -0.39 is 11.9 Å². The number of aliphatic carboxylic acids is 1. The van der Waals surface area contributed by atoms with Crippen LogP contribution in [0, 0.1) is 0 Å². The zero-order valence-electron chi connectivity index (χ0n) is 10.8. The first-order valence-electron chi connectivity index (χ1n) is 5.88. The predicted molar refractivity (Wildman–Crippen MR) is 74.2 cm³/mol. The molecule has 0 saturated carbocycles. The van der Waals surface area contributed by atoms with Gasteiger partial charge in [0.25, 0.3) is 5.91 Å². The second-order valence-corrected chi connectivity index (χ2v) is 5.16. The second kappa shape index (κ2) is 6.56. The van der Waals surface area contributed by atoms with Crippen LogP contribution in [0.3, 0.4) is 0 Å². The molecule has 104 valence electrons. The Morgan fingerprint density at radius 1 is 1.42 bits per heavy atom. The van der Waals surface area contributed by atoms with Crippen molar-refractivity contribution in [1.29, 1.82) is 0 Å². The SMILES string of the molecule is CCC(C)N(CC(=O)O)C(=O)c1ccc(Br)cc1O. The molecular formula is C13H16BrNO4. The molecule has 1 amide bonds. The number of carbonyl (C=O) groups is 2. The van der Waals surface area contributed by atoms with Crippen LogP contribution in [-0.4, -0.2) is 39.6 Å². The summed E-state index contributed by atoms with van der Waals surface area (Å²) in [5, 5.41) is 18.6. The lowest BCUT2D eigenvalue weighted by Gasteiger charge is -2.27. The molecule has 0 aliphatic heterocycles. The molecule has 0 heterocycles. The number of nitrogens with zero attached hydrogens (tertiary/aromatic N) is 1. The van der Waals surface area contributed by atoms with Crippen molar-refractivity contribution in [3.8, 4) is 5.75 Å². The van der Waals surface area contributed by atoms with Crippen molar-refractivity contribution in [2.75, 3.05) is 6.54 Å². The van der Waals surface area contributed by atoms with Gasteiger partial charge in [-0.05, 0) is 31.5 Å². The average Bonchev–Trinajstić information content (AvgIpc) is 2.34. The van der Waals surface area contributed by atoms with Gasteiger partial charge in [-0.25, -0.2) is 0 Å². The fourth-order valence-electron chi connectivity index (χ4n) is 1.63. The number of carbonyl (C=O) groups excluding carboxylic acids is 1. The molecule has 1 unspecified atom stereocenters. The molecule has 5 nitrogen and oxygen atoms in total. The quantitative estimate of drug-likeness (QED) is 0.869. The Morgan fingerprint density at radius 3 is 2.53 bits per heavy atom. The van der Waals surface area contributed by atoms with E-state index in [2.05, 4.69) is 15.9 Å². The van der Waals surface area contributed by atoms with Gasteiger partial charge in [-0.1, -0.05) is 22.9 Å². The fraction of sp³-hybridized carbons (Fsp3) is 0.385. The smallest absolute Gasteiger partial charge is 0.323 e. The number of phenols is 1. The maximum absolute atomic E-state index is 12.3. The summed E-state index contributed by atoms with van der Waals surface area (Å²) in [4.78, 5) is 24.4. The van der Waals surface area contributed by atoms with Crippen molar-refractivity contribution < 1.29 is 19.8 Å². The number of hydrogen-bond donors (Lipinski definition) is 2. The van der Waals surface area contributed by atoms with Crippen LogP contribution in [0.2, 0.25) is 0 Å². The van der Waals surface area contributed by atoms with E-state index in [0.29, 0.717) is 10.9 Å². The number of halogens is 1. The van der Waals surface area contributed by atoms with Gasteiger partial charge in [0.05, 0.1) is 5.56 Å². The van der Waals surface area contributed by atoms with Crippen molar-refractivity contribution in [3.05, 3.63) is 28.2 Å². The predicted octanol–water partition coefficient (Wildman–Crippen LogP) is 2.48. The number of aromatic hydroxyl groups is 1. The van der Waals surface area contributed by atoms with Gasteiger partial charge in [0.1, 0.15) is 12.3 Å². The molecule has 0 bridgehead atoms. The first-order valence-corrected chi connectivity index (χ1v) is 6.67. The highest BCUT2D eigenvalue weighted by Gasteiger charge is 2.24. The minimum Gasteiger partial charge on any atom is -0.507 e. The molecule has 6 heteroatoms. The highest BCUT2D eigenvalue weighted by Crippen LogP contribution is 2.24. The van der Waals surface area contributed by atoms with Crippen LogP contribution in [0.4, 0.5) is 0 Å². The van der Waals surface area contributed by atoms with E-state index in [9.17, 15) is 14.7 Å². The molecule has 0 radical (unpaired) electrons. The molecule has 19 heavy (non-hydrogen) atoms. The Balaban J connectivity index is 3.08. The van der Waals surface area contributed by atoms with Gasteiger partial charge in [0.15, 0.2) is 0 Å². The lowest BCUT2D eigenvalue weighted by molar-refractivity contribution is -0.138. The number of carboxylic acid groups (broad SMARTS) is 1. The van der Waals surface area contributed by atoms with Crippen LogP contribution in [0.5, 0.6) is 5.75 Å². The van der Waals surface area contributed by atoms with Crippen molar-refractivity contribution in [2.24, 2.45) is 0 Å². The summed E-state index contributed by atoms with van der Waals surface area (Å²) >= 11 is 3.19. The molecular weight excluding hydrogens is 314 g/mol. The summed E-state index contributed by atoms with van der Waals surface area (Å²) in [5.41, 5.74) is 0.102. The summed E-state index contributed by atoms with van der Waals surface area (Å²) < 4.78 is 0.648. The zero-order valence-corrected chi connectivity index (χ0v) is 12.3. The van der Waals surface area contributed by atoms with Crippen LogP contribution in [-0.2, 0) is 4.79 Å². The molecule has 1 atom stereocenters. The maximum atomic E-state index is 12.3. The van der Waals surface area contributed by atoms with Crippen molar-refractivity contribution in [3.63, 3.8) is 0 Å². The van der Waals surface area contributed by atoms with Gasteiger partial charge in [-0.2, -0.15) is 0 Å². The Labute approximate surface area is 120 Å². The Kier molecular flexibility index (Phi) is 5.35. The second-order valence-electron chi connectivity index (χ2n) is 4.25. The third-order valence-corrected chi connectivity index (χ3v) is 3.37. The molecule has 1 aromatic rings. The van der Waals surface area contributed by atoms with Crippen LogP contribution < -0.4 is 0 Å². The van der Waals surface area contributed by atoms with Crippen LogP contribution in [0.15, 0.2) is 22.7 Å². The van der Waals surface area contributed by atoms with Gasteiger partial charge >= 0.3 is 5.97 Å². The molecule has 0 fully saturated rings. The van der Waals surface area contributed by atoms with Gasteiger partial charge in [-0.15, -0.1) is 0 Å². The van der Waals surface area contributed by atoms with Crippen molar-refractivity contribution in [2.45, 2.75) is 26.3 Å². The van der Waals surface area contributed by atoms with E-state index in [1.165, 1.54) is 17.0 Å². The lowest BCUT2D eigenvalue weighted by Crippen LogP contribution is -2.41. The molecule has 0 aliphatic carbocycles. The standard InChI is InChI=1S/C13H16BrNO4/c1-3-8(2)15(7-12(17)18)13(19)10-5-4-9(14)6-11(10)16/h4-6,8,16H,3,7H2,1-2H3,(H,17,18). The van der Waals surface area contributed by atoms with Crippen molar-refractivity contribution >= 4 is 27.8 Å². The van der Waals surface area contributed by atoms with E-state index in [1.807, 2.05) is 6.92 Å². The lowest BCUT2D eigenvalue weighted by atomic mass is 10.1. The van der Waals surface area contributed by atoms with Crippen LogP contribution >= 0.6 is 15.9 Å². The Hall–Kier alpha value is -1.56. The highest BCUT2D eigenvalue weighted by atomic mass is 79.9. The van der Waals surface area contributed by atoms with Gasteiger partial charge in [-0.3, -0.25) is 9.59 Å². The van der Waals surface area contributed by atoms with E-state index in [-0.39, 0.29) is 23.9 Å². The highest BCUT2D eigenvalue weighted by molar-refractivity contribution is 9.10. The summed E-state index contributed by atoms with van der Waals surface area (Å²) in [7, 11) is 0. The Morgan fingerprint density at radius 2 is 2.05 bits per heavy atom. The molecule has 0 aromatic heterocycles. The summed E-state index contributed by atoms with van der Waals surface area (Å²) in [5.74, 6) is -1.73. The van der Waals surface area contributed by atoms with E-state index in [0.717, 1.165) is 0 Å². The minimum absolute atomic E-state index is 0.102. The average molecular weight is 330 g/mol. The summed E-state index contributed by atoms with van der Waals surface area (Å²) in [6.45, 7) is 3.26. The molecule has 1 rings (SSSR count). The topological polar surface area (TPSA) is 77.8 Å². The fourth-order valence-corrected chi connectivity index (χ4v) is 1.98. The monoisotopic (exact) mass is 329 g/mol. The molecule has 0 spiro atoms.